The maximum absolute atomic E-state index is 12.1. The molecule has 1 N–H and O–H groups in total. The van der Waals surface area contributed by atoms with Gasteiger partial charge in [-0.25, -0.2) is 4.99 Å². The van der Waals surface area contributed by atoms with Crippen molar-refractivity contribution in [1.82, 2.24) is 5.32 Å². The second-order valence-electron chi connectivity index (χ2n) is 4.82. The van der Waals surface area contributed by atoms with E-state index in [1.807, 2.05) is 48.5 Å². The van der Waals surface area contributed by atoms with Crippen molar-refractivity contribution in [3.05, 3.63) is 63.0 Å². The average molecular weight is 440 g/mol. The smallest absolute Gasteiger partial charge is 0.239 e. The third-order valence-electron chi connectivity index (χ3n) is 3.17. The van der Waals surface area contributed by atoms with E-state index in [0.29, 0.717) is 11.6 Å². The number of amides is 1. The highest BCUT2D eigenvalue weighted by Crippen LogP contribution is 2.26. The van der Waals surface area contributed by atoms with Crippen molar-refractivity contribution in [2.24, 2.45) is 4.99 Å². The van der Waals surface area contributed by atoms with E-state index in [-0.39, 0.29) is 11.2 Å². The number of thioether (sulfide) groups is 1. The summed E-state index contributed by atoms with van der Waals surface area (Å²) < 4.78 is 2.05. The second-order valence-corrected chi connectivity index (χ2v) is 7.84. The first-order chi connectivity index (χ1) is 10.6. The molecule has 0 unspecified atom stereocenters. The predicted octanol–water partition coefficient (Wildman–Crippen LogP) is 4.67. The highest BCUT2D eigenvalue weighted by Gasteiger charge is 2.30. The van der Waals surface area contributed by atoms with Gasteiger partial charge in [0, 0.05) is 8.95 Å². The van der Waals surface area contributed by atoms with Gasteiger partial charge in [-0.05, 0) is 48.4 Å². The SMILES string of the molecule is O=C1NC(=Nc2ccc(Br)cc2)S[C@H]1Cc1ccc(Br)cc1. The van der Waals surface area contributed by atoms with Gasteiger partial charge in [0.2, 0.25) is 5.91 Å². The predicted molar refractivity (Wildman–Crippen MR) is 98.6 cm³/mol. The third kappa shape index (κ3) is 4.00. The zero-order valence-corrected chi connectivity index (χ0v) is 15.4. The largest absolute Gasteiger partial charge is 0.304 e. The molecule has 112 valence electrons. The number of benzene rings is 2. The molecule has 0 aliphatic carbocycles. The highest BCUT2D eigenvalue weighted by atomic mass is 79.9. The van der Waals surface area contributed by atoms with Crippen LogP contribution in [0.25, 0.3) is 0 Å². The number of amidine groups is 1. The molecular formula is C16H12Br2N2OS. The Hall–Kier alpha value is -1.11. The maximum Gasteiger partial charge on any atom is 0.239 e. The van der Waals surface area contributed by atoms with Crippen LogP contribution in [0, 0.1) is 0 Å². The van der Waals surface area contributed by atoms with E-state index in [2.05, 4.69) is 42.2 Å². The van der Waals surface area contributed by atoms with E-state index in [1.54, 1.807) is 0 Å². The molecule has 1 heterocycles. The summed E-state index contributed by atoms with van der Waals surface area (Å²) >= 11 is 8.29. The van der Waals surface area contributed by atoms with E-state index in [9.17, 15) is 4.79 Å². The van der Waals surface area contributed by atoms with Gasteiger partial charge < -0.3 is 5.32 Å². The van der Waals surface area contributed by atoms with Gasteiger partial charge in [0.1, 0.15) is 0 Å². The van der Waals surface area contributed by atoms with Gasteiger partial charge in [0.25, 0.3) is 0 Å². The number of nitrogens with one attached hydrogen (secondary N) is 1. The summed E-state index contributed by atoms with van der Waals surface area (Å²) in [7, 11) is 0. The molecule has 0 spiro atoms. The molecule has 2 aromatic carbocycles. The monoisotopic (exact) mass is 438 g/mol. The zero-order chi connectivity index (χ0) is 15.5. The lowest BCUT2D eigenvalue weighted by molar-refractivity contribution is -0.118. The molecule has 1 aliphatic heterocycles. The van der Waals surface area contributed by atoms with Gasteiger partial charge in [-0.3, -0.25) is 4.79 Å². The molecule has 2 aromatic rings. The van der Waals surface area contributed by atoms with Crippen LogP contribution in [0.2, 0.25) is 0 Å². The number of carbonyl (C=O) groups is 1. The first-order valence-corrected chi connectivity index (χ1v) is 9.13. The Kier molecular flexibility index (Phi) is 5.00. The van der Waals surface area contributed by atoms with Crippen molar-refractivity contribution in [3.63, 3.8) is 0 Å². The normalized spacial score (nSPS) is 19.5. The molecule has 3 nitrogen and oxygen atoms in total. The Bertz CT molecular complexity index is 714. The Morgan fingerprint density at radius 3 is 2.23 bits per heavy atom. The molecule has 22 heavy (non-hydrogen) atoms. The molecule has 0 bridgehead atoms. The van der Waals surface area contributed by atoms with Gasteiger partial charge in [-0.1, -0.05) is 55.8 Å². The summed E-state index contributed by atoms with van der Waals surface area (Å²) in [5.74, 6) is 0.0174. The quantitative estimate of drug-likeness (QED) is 0.754. The fourth-order valence-electron chi connectivity index (χ4n) is 2.06. The van der Waals surface area contributed by atoms with E-state index < -0.39 is 0 Å². The number of hydrogen-bond donors (Lipinski definition) is 1. The topological polar surface area (TPSA) is 41.5 Å². The van der Waals surface area contributed by atoms with Crippen LogP contribution >= 0.6 is 43.6 Å². The summed E-state index contributed by atoms with van der Waals surface area (Å²) in [6, 6.07) is 15.7. The maximum atomic E-state index is 12.1. The van der Waals surface area contributed by atoms with E-state index in [4.69, 9.17) is 0 Å². The van der Waals surface area contributed by atoms with Gasteiger partial charge >= 0.3 is 0 Å². The number of halogens is 2. The lowest BCUT2D eigenvalue weighted by atomic mass is 10.1. The molecule has 0 radical (unpaired) electrons. The van der Waals surface area contributed by atoms with Crippen LogP contribution in [0.4, 0.5) is 5.69 Å². The van der Waals surface area contributed by atoms with Crippen molar-refractivity contribution in [2.75, 3.05) is 0 Å². The fourth-order valence-corrected chi connectivity index (χ4v) is 3.62. The van der Waals surface area contributed by atoms with Gasteiger partial charge in [-0.2, -0.15) is 0 Å². The minimum Gasteiger partial charge on any atom is -0.304 e. The fraction of sp³-hybridized carbons (Fsp3) is 0.125. The lowest BCUT2D eigenvalue weighted by Gasteiger charge is -2.05. The van der Waals surface area contributed by atoms with Crippen LogP contribution in [-0.4, -0.2) is 16.3 Å². The van der Waals surface area contributed by atoms with Crippen LogP contribution < -0.4 is 5.32 Å². The van der Waals surface area contributed by atoms with Crippen LogP contribution in [0.15, 0.2) is 62.5 Å². The van der Waals surface area contributed by atoms with Crippen LogP contribution in [-0.2, 0) is 11.2 Å². The van der Waals surface area contributed by atoms with Crippen molar-refractivity contribution < 1.29 is 4.79 Å². The minimum atomic E-state index is -0.129. The Labute approximate surface area is 149 Å². The molecular weight excluding hydrogens is 428 g/mol. The number of aliphatic imine (C=N–C) groups is 1. The second kappa shape index (κ2) is 6.98. The number of rotatable bonds is 3. The third-order valence-corrected chi connectivity index (χ3v) is 5.31. The van der Waals surface area contributed by atoms with Crippen molar-refractivity contribution in [2.45, 2.75) is 11.7 Å². The van der Waals surface area contributed by atoms with Crippen LogP contribution in [0.3, 0.4) is 0 Å². The molecule has 0 aromatic heterocycles. The number of carbonyl (C=O) groups excluding carboxylic acids is 1. The van der Waals surface area contributed by atoms with Crippen LogP contribution in [0.1, 0.15) is 5.56 Å². The molecule has 1 atom stereocenters. The molecule has 3 rings (SSSR count). The summed E-state index contributed by atoms with van der Waals surface area (Å²) in [4.78, 5) is 16.5. The molecule has 6 heteroatoms. The zero-order valence-electron chi connectivity index (χ0n) is 11.4. The van der Waals surface area contributed by atoms with Crippen molar-refractivity contribution in [3.8, 4) is 0 Å². The van der Waals surface area contributed by atoms with Crippen LogP contribution in [0.5, 0.6) is 0 Å². The standard InChI is InChI=1S/C16H12Br2N2OS/c17-11-3-1-10(2-4-11)9-14-15(21)20-16(22-14)19-13-7-5-12(18)6-8-13/h1-8,14H,9H2,(H,19,20,21)/t14-/m0/s1. The Balaban J connectivity index is 1.70. The average Bonchev–Trinajstić information content (AvgIpc) is 2.84. The van der Waals surface area contributed by atoms with E-state index in [1.165, 1.54) is 11.8 Å². The Morgan fingerprint density at radius 1 is 1.00 bits per heavy atom. The molecule has 0 saturated carbocycles. The highest BCUT2D eigenvalue weighted by molar-refractivity contribution is 9.10. The van der Waals surface area contributed by atoms with Gasteiger partial charge in [-0.15, -0.1) is 0 Å². The summed E-state index contributed by atoms with van der Waals surface area (Å²) in [6.45, 7) is 0. The number of hydrogen-bond acceptors (Lipinski definition) is 3. The number of nitrogens with zero attached hydrogens (tertiary/aromatic N) is 1. The molecule has 1 fully saturated rings. The van der Waals surface area contributed by atoms with Gasteiger partial charge in [0.15, 0.2) is 5.17 Å². The molecule has 1 saturated heterocycles. The summed E-state index contributed by atoms with van der Waals surface area (Å²) in [5, 5.41) is 3.38. The first-order valence-electron chi connectivity index (χ1n) is 6.66. The minimum absolute atomic E-state index is 0.0174. The lowest BCUT2D eigenvalue weighted by Crippen LogP contribution is -2.25. The summed E-state index contributed by atoms with van der Waals surface area (Å²) in [6.07, 6.45) is 0.698. The van der Waals surface area contributed by atoms with E-state index in [0.717, 1.165) is 20.2 Å². The molecule has 1 aliphatic rings. The molecule has 1 amide bonds. The van der Waals surface area contributed by atoms with E-state index >= 15 is 0 Å². The van der Waals surface area contributed by atoms with Gasteiger partial charge in [0.05, 0.1) is 10.9 Å². The summed E-state index contributed by atoms with van der Waals surface area (Å²) in [5.41, 5.74) is 1.97. The first kappa shape index (κ1) is 15.8. The van der Waals surface area contributed by atoms with Crippen molar-refractivity contribution >= 4 is 60.4 Å². The van der Waals surface area contributed by atoms with Crippen molar-refractivity contribution in [1.29, 1.82) is 0 Å². The Morgan fingerprint density at radius 2 is 1.59 bits per heavy atom.